The number of hydrogen-bond acceptors (Lipinski definition) is 3. The lowest BCUT2D eigenvalue weighted by atomic mass is 10.2. The molecule has 1 unspecified atom stereocenters. The van der Waals surface area contributed by atoms with Crippen molar-refractivity contribution in [3.63, 3.8) is 0 Å². The maximum Gasteiger partial charge on any atom is 0.123 e. The summed E-state index contributed by atoms with van der Waals surface area (Å²) in [5, 5.41) is 0.956. The standard InChI is InChI=1S/C15H15Cl2NO2S/c16-12-5-6-13(17)15(9-12)21(19)8-7-20-14-4-2-1-3-11(14)10-18/h1-6,9H,7-8,10,18H2. The molecule has 21 heavy (non-hydrogen) atoms. The van der Waals surface area contributed by atoms with E-state index in [4.69, 9.17) is 33.7 Å². The van der Waals surface area contributed by atoms with Crippen molar-refractivity contribution in [3.05, 3.63) is 58.1 Å². The van der Waals surface area contributed by atoms with Gasteiger partial charge in [0.25, 0.3) is 0 Å². The molecule has 0 saturated carbocycles. The molecule has 0 heterocycles. The molecule has 0 bridgehead atoms. The number of nitrogens with two attached hydrogens (primary N) is 1. The van der Waals surface area contributed by atoms with Crippen molar-refractivity contribution in [2.45, 2.75) is 11.4 Å². The molecule has 0 aliphatic heterocycles. The Morgan fingerprint density at radius 2 is 1.90 bits per heavy atom. The number of para-hydroxylation sites is 1. The Kier molecular flexibility index (Phi) is 6.06. The first kappa shape index (κ1) is 16.3. The zero-order valence-corrected chi connectivity index (χ0v) is 13.5. The fourth-order valence-corrected chi connectivity index (χ4v) is 3.41. The summed E-state index contributed by atoms with van der Waals surface area (Å²) in [5.74, 6) is 1.05. The smallest absolute Gasteiger partial charge is 0.123 e. The number of halogens is 2. The topological polar surface area (TPSA) is 52.3 Å². The lowest BCUT2D eigenvalue weighted by molar-refractivity contribution is 0.339. The normalized spacial score (nSPS) is 12.1. The maximum absolute atomic E-state index is 12.2. The second-order valence-corrected chi connectivity index (χ2v) is 6.67. The maximum atomic E-state index is 12.2. The Morgan fingerprint density at radius 3 is 2.67 bits per heavy atom. The SMILES string of the molecule is NCc1ccccc1OCCS(=O)c1cc(Cl)ccc1Cl. The van der Waals surface area contributed by atoms with Crippen molar-refractivity contribution in [3.8, 4) is 5.75 Å². The monoisotopic (exact) mass is 343 g/mol. The average molecular weight is 344 g/mol. The first-order valence-electron chi connectivity index (χ1n) is 6.36. The van der Waals surface area contributed by atoms with Crippen LogP contribution in [0, 0.1) is 0 Å². The third-order valence-corrected chi connectivity index (χ3v) is 4.90. The van der Waals surface area contributed by atoms with E-state index < -0.39 is 10.8 Å². The molecular weight excluding hydrogens is 329 g/mol. The van der Waals surface area contributed by atoms with Crippen LogP contribution in [0.1, 0.15) is 5.56 Å². The van der Waals surface area contributed by atoms with Gasteiger partial charge in [0.05, 0.1) is 26.5 Å². The molecule has 0 spiro atoms. The molecule has 3 nitrogen and oxygen atoms in total. The van der Waals surface area contributed by atoms with E-state index in [2.05, 4.69) is 0 Å². The van der Waals surface area contributed by atoms with Crippen LogP contribution in [-0.2, 0) is 17.3 Å². The van der Waals surface area contributed by atoms with Crippen LogP contribution in [0.25, 0.3) is 0 Å². The molecule has 0 aliphatic carbocycles. The van der Waals surface area contributed by atoms with Gasteiger partial charge >= 0.3 is 0 Å². The van der Waals surface area contributed by atoms with Gasteiger partial charge in [-0.3, -0.25) is 4.21 Å². The highest BCUT2D eigenvalue weighted by Gasteiger charge is 2.10. The van der Waals surface area contributed by atoms with Crippen molar-refractivity contribution in [1.29, 1.82) is 0 Å². The summed E-state index contributed by atoms with van der Waals surface area (Å²) in [7, 11) is -1.26. The highest BCUT2D eigenvalue weighted by Crippen LogP contribution is 2.24. The number of benzene rings is 2. The quantitative estimate of drug-likeness (QED) is 0.870. The zero-order valence-electron chi connectivity index (χ0n) is 11.2. The van der Waals surface area contributed by atoms with E-state index >= 15 is 0 Å². The molecular formula is C15H15Cl2NO2S. The van der Waals surface area contributed by atoms with Crippen molar-refractivity contribution in [1.82, 2.24) is 0 Å². The van der Waals surface area contributed by atoms with Crippen molar-refractivity contribution >= 4 is 34.0 Å². The van der Waals surface area contributed by atoms with Gasteiger partial charge in [0.15, 0.2) is 0 Å². The van der Waals surface area contributed by atoms with Crippen LogP contribution in [0.4, 0.5) is 0 Å². The Balaban J connectivity index is 1.97. The Morgan fingerprint density at radius 1 is 1.14 bits per heavy atom. The lowest BCUT2D eigenvalue weighted by Gasteiger charge is -2.10. The lowest BCUT2D eigenvalue weighted by Crippen LogP contribution is -2.10. The van der Waals surface area contributed by atoms with Crippen LogP contribution in [-0.4, -0.2) is 16.6 Å². The minimum Gasteiger partial charge on any atom is -0.492 e. The highest BCUT2D eigenvalue weighted by molar-refractivity contribution is 7.85. The van der Waals surface area contributed by atoms with Gasteiger partial charge in [0, 0.05) is 17.1 Å². The summed E-state index contributed by atoms with van der Waals surface area (Å²) in [4.78, 5) is 0.528. The second kappa shape index (κ2) is 7.80. The van der Waals surface area contributed by atoms with Crippen LogP contribution < -0.4 is 10.5 Å². The first-order valence-corrected chi connectivity index (χ1v) is 8.43. The van der Waals surface area contributed by atoms with Crippen molar-refractivity contribution in [2.75, 3.05) is 12.4 Å². The minimum atomic E-state index is -1.26. The number of rotatable bonds is 6. The first-order chi connectivity index (χ1) is 10.1. The van der Waals surface area contributed by atoms with E-state index in [1.807, 2.05) is 24.3 Å². The van der Waals surface area contributed by atoms with Crippen LogP contribution in [0.2, 0.25) is 10.0 Å². The average Bonchev–Trinajstić information content (AvgIpc) is 2.50. The summed E-state index contributed by atoms with van der Waals surface area (Å²) in [6.45, 7) is 0.714. The molecule has 0 amide bonds. The molecule has 0 radical (unpaired) electrons. The van der Waals surface area contributed by atoms with E-state index in [1.165, 1.54) is 0 Å². The van der Waals surface area contributed by atoms with E-state index in [-0.39, 0.29) is 0 Å². The molecule has 2 N–H and O–H groups in total. The highest BCUT2D eigenvalue weighted by atomic mass is 35.5. The molecule has 0 saturated heterocycles. The van der Waals surface area contributed by atoms with Crippen LogP contribution in [0.3, 0.4) is 0 Å². The molecule has 2 rings (SSSR count). The van der Waals surface area contributed by atoms with Gasteiger partial charge in [-0.1, -0.05) is 41.4 Å². The summed E-state index contributed by atoms with van der Waals surface area (Å²) >= 11 is 11.9. The van der Waals surface area contributed by atoms with Crippen LogP contribution >= 0.6 is 23.2 Å². The van der Waals surface area contributed by atoms with Gasteiger partial charge < -0.3 is 10.5 Å². The molecule has 2 aromatic carbocycles. The predicted octanol–water partition coefficient (Wildman–Crippen LogP) is 3.64. The zero-order chi connectivity index (χ0) is 15.2. The van der Waals surface area contributed by atoms with E-state index in [1.54, 1.807) is 18.2 Å². The number of hydrogen-bond donors (Lipinski definition) is 1. The fourth-order valence-electron chi connectivity index (χ4n) is 1.80. The molecule has 2 aromatic rings. The molecule has 1 atom stereocenters. The van der Waals surface area contributed by atoms with Gasteiger partial charge in [0.1, 0.15) is 12.4 Å². The largest absolute Gasteiger partial charge is 0.492 e. The van der Waals surface area contributed by atoms with E-state index in [0.717, 1.165) is 5.56 Å². The molecule has 0 fully saturated rings. The van der Waals surface area contributed by atoms with Crippen LogP contribution in [0.5, 0.6) is 5.75 Å². The summed E-state index contributed by atoms with van der Waals surface area (Å²) < 4.78 is 17.9. The summed E-state index contributed by atoms with van der Waals surface area (Å²) in [5.41, 5.74) is 6.56. The van der Waals surface area contributed by atoms with E-state index in [0.29, 0.717) is 39.6 Å². The summed E-state index contributed by atoms with van der Waals surface area (Å²) in [6, 6.07) is 12.4. The Labute approximate surface area is 136 Å². The predicted molar refractivity (Wildman–Crippen MR) is 87.6 cm³/mol. The van der Waals surface area contributed by atoms with Gasteiger partial charge in [-0.15, -0.1) is 0 Å². The van der Waals surface area contributed by atoms with Crippen molar-refractivity contribution < 1.29 is 8.95 Å². The van der Waals surface area contributed by atoms with Crippen LogP contribution in [0.15, 0.2) is 47.4 Å². The fraction of sp³-hybridized carbons (Fsp3) is 0.200. The Hall–Kier alpha value is -1.07. The van der Waals surface area contributed by atoms with E-state index in [9.17, 15) is 4.21 Å². The second-order valence-electron chi connectivity index (χ2n) is 4.28. The third kappa shape index (κ3) is 4.45. The van der Waals surface area contributed by atoms with Gasteiger partial charge in [-0.05, 0) is 24.3 Å². The third-order valence-electron chi connectivity index (χ3n) is 2.86. The van der Waals surface area contributed by atoms with Gasteiger partial charge in [-0.25, -0.2) is 0 Å². The van der Waals surface area contributed by atoms with Gasteiger partial charge in [0.2, 0.25) is 0 Å². The number of ether oxygens (including phenoxy) is 1. The molecule has 112 valence electrons. The van der Waals surface area contributed by atoms with Crippen molar-refractivity contribution in [2.24, 2.45) is 5.73 Å². The Bertz CT molecular complexity index is 649. The summed E-state index contributed by atoms with van der Waals surface area (Å²) in [6.07, 6.45) is 0. The van der Waals surface area contributed by atoms with Gasteiger partial charge in [-0.2, -0.15) is 0 Å². The molecule has 0 aliphatic rings. The molecule has 0 aromatic heterocycles. The minimum absolute atomic E-state index is 0.312. The molecule has 6 heteroatoms.